The number of amides is 2. The predicted octanol–water partition coefficient (Wildman–Crippen LogP) is 2.75. The zero-order chi connectivity index (χ0) is 16.8. The van der Waals surface area contributed by atoms with E-state index in [-0.39, 0.29) is 24.6 Å². The van der Waals surface area contributed by atoms with Crippen LogP contribution in [-0.4, -0.2) is 24.9 Å². The third-order valence-electron chi connectivity index (χ3n) is 3.21. The zero-order valence-electron chi connectivity index (χ0n) is 12.6. The molecule has 2 amide bonds. The van der Waals surface area contributed by atoms with E-state index in [4.69, 9.17) is 0 Å². The second-order valence-electron chi connectivity index (χ2n) is 4.92. The van der Waals surface area contributed by atoms with Gasteiger partial charge in [0.15, 0.2) is 0 Å². The standard InChI is InChI=1S/C17H16F2N2O2/c1-12(22)21(16-7-3-6-15(19)11-16)9-8-20-17(23)13-4-2-5-14(18)10-13/h2-7,10-11H,8-9H2,1H3,(H,20,23). The highest BCUT2D eigenvalue weighted by Crippen LogP contribution is 2.15. The van der Waals surface area contributed by atoms with Crippen molar-refractivity contribution in [1.82, 2.24) is 5.32 Å². The van der Waals surface area contributed by atoms with Crippen LogP contribution in [0, 0.1) is 11.6 Å². The Kier molecular flexibility index (Phi) is 5.41. The first-order chi connectivity index (χ1) is 11.0. The number of nitrogens with one attached hydrogen (secondary N) is 1. The van der Waals surface area contributed by atoms with Gasteiger partial charge in [0.2, 0.25) is 5.91 Å². The number of halogens is 2. The highest BCUT2D eigenvalue weighted by atomic mass is 19.1. The van der Waals surface area contributed by atoms with E-state index in [1.165, 1.54) is 48.2 Å². The molecule has 0 heterocycles. The van der Waals surface area contributed by atoms with Crippen molar-refractivity contribution in [3.63, 3.8) is 0 Å². The van der Waals surface area contributed by atoms with E-state index in [1.807, 2.05) is 0 Å². The number of nitrogens with zero attached hydrogens (tertiary/aromatic N) is 1. The van der Waals surface area contributed by atoms with Crippen molar-refractivity contribution in [2.24, 2.45) is 0 Å². The normalized spacial score (nSPS) is 10.2. The van der Waals surface area contributed by atoms with Gasteiger partial charge >= 0.3 is 0 Å². The minimum Gasteiger partial charge on any atom is -0.350 e. The van der Waals surface area contributed by atoms with Gasteiger partial charge in [-0.15, -0.1) is 0 Å². The van der Waals surface area contributed by atoms with Gasteiger partial charge in [-0.2, -0.15) is 0 Å². The summed E-state index contributed by atoms with van der Waals surface area (Å²) in [5.41, 5.74) is 0.614. The average molecular weight is 318 g/mol. The smallest absolute Gasteiger partial charge is 0.251 e. The maximum Gasteiger partial charge on any atom is 0.251 e. The molecule has 23 heavy (non-hydrogen) atoms. The molecule has 0 aliphatic carbocycles. The van der Waals surface area contributed by atoms with Gasteiger partial charge in [-0.1, -0.05) is 12.1 Å². The number of benzene rings is 2. The Morgan fingerprint density at radius 1 is 1.04 bits per heavy atom. The Hall–Kier alpha value is -2.76. The van der Waals surface area contributed by atoms with Crippen LogP contribution in [0.15, 0.2) is 48.5 Å². The molecule has 0 radical (unpaired) electrons. The van der Waals surface area contributed by atoms with Gasteiger partial charge in [0.25, 0.3) is 5.91 Å². The average Bonchev–Trinajstić information content (AvgIpc) is 2.51. The largest absolute Gasteiger partial charge is 0.350 e. The Balaban J connectivity index is 1.97. The van der Waals surface area contributed by atoms with E-state index < -0.39 is 17.5 Å². The Morgan fingerprint density at radius 3 is 2.30 bits per heavy atom. The number of hydrogen-bond acceptors (Lipinski definition) is 2. The van der Waals surface area contributed by atoms with Gasteiger partial charge in [-0.25, -0.2) is 8.78 Å². The summed E-state index contributed by atoms with van der Waals surface area (Å²) in [5.74, 6) is -1.65. The van der Waals surface area contributed by atoms with Gasteiger partial charge in [-0.05, 0) is 36.4 Å². The van der Waals surface area contributed by atoms with Crippen molar-refractivity contribution in [2.75, 3.05) is 18.0 Å². The first kappa shape index (κ1) is 16.6. The lowest BCUT2D eigenvalue weighted by molar-refractivity contribution is -0.116. The fourth-order valence-electron chi connectivity index (χ4n) is 2.13. The minimum absolute atomic E-state index is 0.158. The van der Waals surface area contributed by atoms with E-state index >= 15 is 0 Å². The van der Waals surface area contributed by atoms with E-state index in [0.717, 1.165) is 6.07 Å². The van der Waals surface area contributed by atoms with E-state index in [9.17, 15) is 18.4 Å². The lowest BCUT2D eigenvalue weighted by atomic mass is 10.2. The molecule has 0 atom stereocenters. The van der Waals surface area contributed by atoms with E-state index in [0.29, 0.717) is 5.69 Å². The molecular formula is C17H16F2N2O2. The number of hydrogen-bond donors (Lipinski definition) is 1. The second kappa shape index (κ2) is 7.49. The molecule has 0 bridgehead atoms. The molecule has 0 aromatic heterocycles. The van der Waals surface area contributed by atoms with Crippen molar-refractivity contribution < 1.29 is 18.4 Å². The highest BCUT2D eigenvalue weighted by molar-refractivity contribution is 5.94. The Bertz CT molecular complexity index is 719. The second-order valence-corrected chi connectivity index (χ2v) is 4.92. The van der Waals surface area contributed by atoms with Crippen LogP contribution in [0.3, 0.4) is 0 Å². The maximum atomic E-state index is 13.3. The Labute approximate surface area is 132 Å². The van der Waals surface area contributed by atoms with Gasteiger partial charge in [0.05, 0.1) is 0 Å². The summed E-state index contributed by atoms with van der Waals surface area (Å²) >= 11 is 0. The van der Waals surface area contributed by atoms with Crippen molar-refractivity contribution >= 4 is 17.5 Å². The molecule has 1 N–H and O–H groups in total. The summed E-state index contributed by atoms with van der Waals surface area (Å²) in [6.45, 7) is 1.70. The number of carbonyl (C=O) groups is 2. The molecule has 0 saturated carbocycles. The first-order valence-electron chi connectivity index (χ1n) is 7.05. The van der Waals surface area contributed by atoms with Crippen LogP contribution in [-0.2, 0) is 4.79 Å². The van der Waals surface area contributed by atoms with Crippen LogP contribution in [0.1, 0.15) is 17.3 Å². The van der Waals surface area contributed by atoms with Crippen LogP contribution in [0.4, 0.5) is 14.5 Å². The highest BCUT2D eigenvalue weighted by Gasteiger charge is 2.13. The van der Waals surface area contributed by atoms with Crippen molar-refractivity contribution in [2.45, 2.75) is 6.92 Å². The summed E-state index contributed by atoms with van der Waals surface area (Å²) in [7, 11) is 0. The molecule has 0 aliphatic heterocycles. The lowest BCUT2D eigenvalue weighted by Crippen LogP contribution is -2.37. The SMILES string of the molecule is CC(=O)N(CCNC(=O)c1cccc(F)c1)c1cccc(F)c1. The fourth-order valence-corrected chi connectivity index (χ4v) is 2.13. The summed E-state index contributed by atoms with van der Waals surface area (Å²) < 4.78 is 26.3. The third-order valence-corrected chi connectivity index (χ3v) is 3.21. The monoisotopic (exact) mass is 318 g/mol. The molecule has 2 aromatic carbocycles. The van der Waals surface area contributed by atoms with Crippen LogP contribution in [0.2, 0.25) is 0 Å². The van der Waals surface area contributed by atoms with Crippen LogP contribution in [0.5, 0.6) is 0 Å². The molecule has 2 rings (SSSR count). The minimum atomic E-state index is -0.497. The molecule has 0 unspecified atom stereocenters. The molecule has 0 fully saturated rings. The topological polar surface area (TPSA) is 49.4 Å². The number of rotatable bonds is 5. The Morgan fingerprint density at radius 2 is 1.70 bits per heavy atom. The van der Waals surface area contributed by atoms with Crippen molar-refractivity contribution in [3.8, 4) is 0 Å². The molecular weight excluding hydrogens is 302 g/mol. The van der Waals surface area contributed by atoms with Crippen LogP contribution < -0.4 is 10.2 Å². The van der Waals surface area contributed by atoms with Gasteiger partial charge in [-0.3, -0.25) is 9.59 Å². The molecule has 4 nitrogen and oxygen atoms in total. The lowest BCUT2D eigenvalue weighted by Gasteiger charge is -2.21. The molecule has 2 aromatic rings. The van der Waals surface area contributed by atoms with Gasteiger partial charge in [0, 0.05) is 31.3 Å². The predicted molar refractivity (Wildman–Crippen MR) is 83.2 cm³/mol. The quantitative estimate of drug-likeness (QED) is 0.921. The summed E-state index contributed by atoms with van der Waals surface area (Å²) in [6.07, 6.45) is 0. The molecule has 0 saturated heterocycles. The summed E-state index contributed by atoms with van der Waals surface area (Å²) in [6, 6.07) is 11.0. The van der Waals surface area contributed by atoms with E-state index in [1.54, 1.807) is 6.07 Å². The summed E-state index contributed by atoms with van der Waals surface area (Å²) in [4.78, 5) is 24.9. The van der Waals surface area contributed by atoms with Crippen molar-refractivity contribution in [1.29, 1.82) is 0 Å². The fraction of sp³-hybridized carbons (Fsp3) is 0.176. The van der Waals surface area contributed by atoms with E-state index in [2.05, 4.69) is 5.32 Å². The maximum absolute atomic E-state index is 13.3. The van der Waals surface area contributed by atoms with Crippen molar-refractivity contribution in [3.05, 3.63) is 65.7 Å². The van der Waals surface area contributed by atoms with Crippen LogP contribution >= 0.6 is 0 Å². The molecule has 0 aliphatic rings. The number of anilines is 1. The first-order valence-corrected chi connectivity index (χ1v) is 7.05. The number of carbonyl (C=O) groups excluding carboxylic acids is 2. The van der Waals surface area contributed by atoms with Gasteiger partial charge < -0.3 is 10.2 Å². The molecule has 6 heteroatoms. The molecule has 0 spiro atoms. The summed E-state index contributed by atoms with van der Waals surface area (Å²) in [5, 5.41) is 2.60. The zero-order valence-corrected chi connectivity index (χ0v) is 12.6. The third kappa shape index (κ3) is 4.60. The van der Waals surface area contributed by atoms with Gasteiger partial charge in [0.1, 0.15) is 11.6 Å². The molecule has 120 valence electrons. The van der Waals surface area contributed by atoms with Crippen LogP contribution in [0.25, 0.3) is 0 Å².